The van der Waals surface area contributed by atoms with Gasteiger partial charge in [0.2, 0.25) is 0 Å². The molecule has 1 atom stereocenters. The Balaban J connectivity index is 1.00. The first-order valence-corrected chi connectivity index (χ1v) is 23.4. The van der Waals surface area contributed by atoms with Crippen molar-refractivity contribution in [2.75, 3.05) is 0 Å². The third-order valence-electron chi connectivity index (χ3n) is 14.9. The Kier molecular flexibility index (Phi) is 8.33. The van der Waals surface area contributed by atoms with Crippen molar-refractivity contribution in [2.24, 2.45) is 0 Å². The van der Waals surface area contributed by atoms with Crippen molar-refractivity contribution in [1.29, 1.82) is 0 Å². The second-order valence-corrected chi connectivity index (χ2v) is 18.3. The highest BCUT2D eigenvalue weighted by Gasteiger charge is 2.47. The lowest BCUT2D eigenvalue weighted by molar-refractivity contribution is 0.769. The first kappa shape index (κ1) is 37.8. The van der Waals surface area contributed by atoms with Crippen molar-refractivity contribution in [3.05, 3.63) is 294 Å². The van der Waals surface area contributed by atoms with Gasteiger partial charge in [-0.1, -0.05) is 224 Å². The van der Waals surface area contributed by atoms with Crippen molar-refractivity contribution in [2.45, 2.75) is 11.3 Å². The molecule has 0 saturated carbocycles. The van der Waals surface area contributed by atoms with Crippen LogP contribution in [0.25, 0.3) is 82.8 Å². The second kappa shape index (κ2) is 14.8. The van der Waals surface area contributed by atoms with Crippen LogP contribution in [0.4, 0.5) is 0 Å². The molecule has 1 heterocycles. The first-order valence-electron chi connectivity index (χ1n) is 23.4. The number of hydrogen-bond acceptors (Lipinski definition) is 0. The molecule has 0 fully saturated rings. The number of fused-ring (bicyclic) bond motifs is 11. The van der Waals surface area contributed by atoms with Crippen LogP contribution in [0.2, 0.25) is 0 Å². The fourth-order valence-electron chi connectivity index (χ4n) is 12.0. The molecular weight excluding hydrogens is 807 g/mol. The number of hydrogen-bond donors (Lipinski definition) is 0. The normalized spacial score (nSPS) is 14.2. The molecule has 1 heteroatoms. The van der Waals surface area contributed by atoms with Crippen LogP contribution in [0.3, 0.4) is 0 Å². The summed E-state index contributed by atoms with van der Waals surface area (Å²) in [6.45, 7) is 0. The van der Waals surface area contributed by atoms with Gasteiger partial charge in [0.25, 0.3) is 0 Å². The molecule has 0 aliphatic heterocycles. The van der Waals surface area contributed by atoms with Crippen LogP contribution in [0.5, 0.6) is 0 Å². The molecule has 11 aromatic carbocycles. The van der Waals surface area contributed by atoms with Crippen molar-refractivity contribution in [3.63, 3.8) is 0 Å². The van der Waals surface area contributed by atoms with Crippen LogP contribution < -0.4 is 0 Å². The van der Waals surface area contributed by atoms with Crippen LogP contribution in [-0.4, -0.2) is 4.57 Å². The number of rotatable bonds is 6. The molecule has 1 aromatic heterocycles. The molecule has 2 aliphatic rings. The Morgan fingerprint density at radius 1 is 0.343 bits per heavy atom. The second-order valence-electron chi connectivity index (χ2n) is 18.3. The highest BCUT2D eigenvalue weighted by atomic mass is 15.0. The maximum atomic E-state index is 2.54. The number of nitrogens with zero attached hydrogens (tertiary/aromatic N) is 1. The Bertz CT molecular complexity index is 3860. The van der Waals surface area contributed by atoms with Gasteiger partial charge in [0, 0.05) is 27.9 Å². The molecule has 14 rings (SSSR count). The van der Waals surface area contributed by atoms with Crippen LogP contribution in [0, 0.1) is 0 Å². The average molecular weight is 850 g/mol. The van der Waals surface area contributed by atoms with Crippen LogP contribution >= 0.6 is 0 Å². The fourth-order valence-corrected chi connectivity index (χ4v) is 12.0. The van der Waals surface area contributed by atoms with Gasteiger partial charge < -0.3 is 4.57 Å². The zero-order chi connectivity index (χ0) is 44.1. The van der Waals surface area contributed by atoms with Gasteiger partial charge in [-0.15, -0.1) is 0 Å². The maximum Gasteiger partial charge on any atom is 0.0714 e. The summed E-state index contributed by atoms with van der Waals surface area (Å²) in [6, 6.07) is 95.1. The van der Waals surface area contributed by atoms with Crippen LogP contribution in [0.15, 0.2) is 255 Å². The largest absolute Gasteiger partial charge is 0.309 e. The molecule has 1 nitrogen and oxygen atoms in total. The van der Waals surface area contributed by atoms with E-state index in [0.29, 0.717) is 0 Å². The molecule has 2 aliphatic carbocycles. The van der Waals surface area contributed by atoms with E-state index < -0.39 is 5.41 Å². The molecule has 0 radical (unpaired) electrons. The SMILES string of the molecule is c1ccc(-c2ccc(-n3c4ccc(-c5ccc6c(c5)-c5ccccc5C6c5ccc6ccccc6c5)cc4c4ccc5c(c43)-c3ccccc3C5(c3ccccc3)c3ccccc3)cc2)cc1. The summed E-state index contributed by atoms with van der Waals surface area (Å²) in [5, 5.41) is 5.04. The fraction of sp³-hybridized carbons (Fsp3) is 0.0303. The van der Waals surface area contributed by atoms with E-state index in [-0.39, 0.29) is 5.92 Å². The topological polar surface area (TPSA) is 4.93 Å². The van der Waals surface area contributed by atoms with Gasteiger partial charge in [-0.3, -0.25) is 0 Å². The quantitative estimate of drug-likeness (QED) is 0.157. The molecule has 1 unspecified atom stereocenters. The van der Waals surface area contributed by atoms with Crippen molar-refractivity contribution in [1.82, 2.24) is 4.57 Å². The zero-order valence-corrected chi connectivity index (χ0v) is 36.8. The molecule has 312 valence electrons. The predicted octanol–water partition coefficient (Wildman–Crippen LogP) is 16.8. The Hall–Kier alpha value is -8.52. The van der Waals surface area contributed by atoms with E-state index in [1.165, 1.54) is 116 Å². The molecule has 67 heavy (non-hydrogen) atoms. The molecule has 0 spiro atoms. The minimum Gasteiger partial charge on any atom is -0.309 e. The van der Waals surface area contributed by atoms with E-state index in [1.807, 2.05) is 0 Å². The predicted molar refractivity (Wildman–Crippen MR) is 279 cm³/mol. The Morgan fingerprint density at radius 2 is 0.940 bits per heavy atom. The third kappa shape index (κ3) is 5.55. The summed E-state index contributed by atoms with van der Waals surface area (Å²) in [5.74, 6) is 0.183. The Morgan fingerprint density at radius 3 is 1.72 bits per heavy atom. The van der Waals surface area contributed by atoms with E-state index in [1.54, 1.807) is 0 Å². The summed E-state index contributed by atoms with van der Waals surface area (Å²) < 4.78 is 2.54. The standard InChI is InChI=1S/C66H43N/c1-4-16-43(17-5-1)45-30-34-52(35-31-45)67-62-39-33-48(47-32-36-55-58(41-47)53-24-12-13-25-54(53)63(55)49-29-28-44-18-10-11-19-46(44)40-49)42-59(62)56-37-38-61-64(65(56)67)57-26-14-15-27-60(57)66(61,50-20-6-2-7-21-50)51-22-8-3-9-23-51/h1-42,63H. The van der Waals surface area contributed by atoms with Crippen LogP contribution in [-0.2, 0) is 5.41 Å². The molecule has 0 amide bonds. The average Bonchev–Trinajstić information content (AvgIpc) is 4.03. The summed E-state index contributed by atoms with van der Waals surface area (Å²) >= 11 is 0. The zero-order valence-electron chi connectivity index (χ0n) is 36.8. The van der Waals surface area contributed by atoms with Crippen LogP contribution in [0.1, 0.15) is 44.9 Å². The van der Waals surface area contributed by atoms with Crippen molar-refractivity contribution >= 4 is 32.6 Å². The highest BCUT2D eigenvalue weighted by molar-refractivity contribution is 6.17. The molecular formula is C66H43N. The molecule has 12 aromatic rings. The van der Waals surface area contributed by atoms with E-state index >= 15 is 0 Å². The lowest BCUT2D eigenvalue weighted by Crippen LogP contribution is -2.28. The lowest BCUT2D eigenvalue weighted by atomic mass is 9.67. The summed E-state index contributed by atoms with van der Waals surface area (Å²) in [4.78, 5) is 0. The van der Waals surface area contributed by atoms with Gasteiger partial charge in [0.05, 0.1) is 16.4 Å². The van der Waals surface area contributed by atoms with Gasteiger partial charge in [-0.05, 0) is 119 Å². The Labute approximate surface area is 390 Å². The molecule has 0 bridgehead atoms. The minimum atomic E-state index is -0.502. The summed E-state index contributed by atoms with van der Waals surface area (Å²) in [6.07, 6.45) is 0. The van der Waals surface area contributed by atoms with Gasteiger partial charge >= 0.3 is 0 Å². The van der Waals surface area contributed by atoms with Gasteiger partial charge in [-0.2, -0.15) is 0 Å². The summed E-state index contributed by atoms with van der Waals surface area (Å²) in [7, 11) is 0. The minimum absolute atomic E-state index is 0.183. The van der Waals surface area contributed by atoms with Gasteiger partial charge in [0.1, 0.15) is 0 Å². The van der Waals surface area contributed by atoms with E-state index in [2.05, 4.69) is 259 Å². The lowest BCUT2D eigenvalue weighted by Gasteiger charge is -2.33. The summed E-state index contributed by atoms with van der Waals surface area (Å²) in [5.41, 5.74) is 22.4. The number of aromatic nitrogens is 1. The maximum absolute atomic E-state index is 2.54. The highest BCUT2D eigenvalue weighted by Crippen LogP contribution is 2.59. The van der Waals surface area contributed by atoms with E-state index in [0.717, 1.165) is 5.69 Å². The third-order valence-corrected chi connectivity index (χ3v) is 14.9. The number of benzene rings is 11. The van der Waals surface area contributed by atoms with Crippen molar-refractivity contribution < 1.29 is 0 Å². The van der Waals surface area contributed by atoms with E-state index in [4.69, 9.17) is 0 Å². The smallest absolute Gasteiger partial charge is 0.0714 e. The molecule has 0 saturated heterocycles. The first-order chi connectivity index (χ1) is 33.2. The monoisotopic (exact) mass is 849 g/mol. The van der Waals surface area contributed by atoms with Crippen molar-refractivity contribution in [3.8, 4) is 50.2 Å². The molecule has 0 N–H and O–H groups in total. The van der Waals surface area contributed by atoms with E-state index in [9.17, 15) is 0 Å². The van der Waals surface area contributed by atoms with Gasteiger partial charge in [-0.25, -0.2) is 0 Å². The van der Waals surface area contributed by atoms with Gasteiger partial charge in [0.15, 0.2) is 0 Å².